The lowest BCUT2D eigenvalue weighted by Crippen LogP contribution is -2.67. The van der Waals surface area contributed by atoms with Crippen LogP contribution in [0, 0.1) is 11.6 Å². The molecule has 174 valence electrons. The lowest BCUT2D eigenvalue weighted by atomic mass is 9.68. The van der Waals surface area contributed by atoms with E-state index in [1.807, 2.05) is 34.9 Å². The first-order valence-electron chi connectivity index (χ1n) is 11.2. The van der Waals surface area contributed by atoms with Crippen LogP contribution < -0.4 is 4.74 Å². The lowest BCUT2D eigenvalue weighted by Gasteiger charge is -2.56. The minimum atomic E-state index is -0.500. The Morgan fingerprint density at radius 1 is 1.21 bits per heavy atom. The Bertz CT molecular complexity index is 1220. The van der Waals surface area contributed by atoms with E-state index in [4.69, 9.17) is 4.74 Å². The maximum atomic E-state index is 14.5. The number of fused-ring (bicyclic) bond motifs is 4. The highest BCUT2D eigenvalue weighted by atomic mass is 19.1. The van der Waals surface area contributed by atoms with E-state index in [1.165, 1.54) is 6.07 Å². The zero-order chi connectivity index (χ0) is 23.3. The number of carbonyl (C=O) groups excluding carboxylic acids is 1. The molecule has 2 aliphatic heterocycles. The third kappa shape index (κ3) is 3.48. The summed E-state index contributed by atoms with van der Waals surface area (Å²) in [6.45, 7) is 3.43. The van der Waals surface area contributed by atoms with Crippen LogP contribution in [-0.2, 0) is 16.8 Å². The zero-order valence-corrected chi connectivity index (χ0v) is 18.7. The van der Waals surface area contributed by atoms with Crippen LogP contribution in [0.25, 0.3) is 10.9 Å². The molecule has 0 unspecified atom stereocenters. The number of nitrogens with one attached hydrogen (secondary N) is 1. The molecule has 2 aliphatic rings. The molecule has 0 bridgehead atoms. The normalized spacial score (nSPS) is 19.5. The van der Waals surface area contributed by atoms with Crippen LogP contribution in [0.1, 0.15) is 36.2 Å². The third-order valence-corrected chi connectivity index (χ3v) is 7.04. The molecule has 2 aromatic carbocycles. The standard InChI is InChI=1S/C25H27F2N3O3/c1-3-22(32)30-13-25(14-30)12-29(10-15-8-16(26)4-7-19(15)27)21(11-31)24-23(25)18-6-5-17(33-2)9-20(18)28-24/h4-9,21,28,31H,3,10-14H2,1-2H3/t21-/m0/s1. The average Bonchev–Trinajstić information content (AvgIpc) is 3.17. The van der Waals surface area contributed by atoms with Crippen LogP contribution in [0.5, 0.6) is 5.75 Å². The quantitative estimate of drug-likeness (QED) is 0.618. The third-order valence-electron chi connectivity index (χ3n) is 7.04. The minimum absolute atomic E-state index is 0.0932. The second-order valence-electron chi connectivity index (χ2n) is 9.05. The summed E-state index contributed by atoms with van der Waals surface area (Å²) in [6.07, 6.45) is 0.436. The number of aromatic nitrogens is 1. The molecule has 1 fully saturated rings. The molecule has 3 heterocycles. The molecule has 6 nitrogen and oxygen atoms in total. The Hall–Kier alpha value is -2.97. The number of halogens is 2. The van der Waals surface area contributed by atoms with E-state index in [9.17, 15) is 18.7 Å². The number of hydrogen-bond donors (Lipinski definition) is 2. The first-order valence-corrected chi connectivity index (χ1v) is 11.2. The smallest absolute Gasteiger partial charge is 0.222 e. The van der Waals surface area contributed by atoms with Crippen molar-refractivity contribution in [3.8, 4) is 5.75 Å². The number of amides is 1. The Morgan fingerprint density at radius 3 is 2.70 bits per heavy atom. The number of hydrogen-bond acceptors (Lipinski definition) is 4. The molecule has 2 N–H and O–H groups in total. The van der Waals surface area contributed by atoms with Gasteiger partial charge in [-0.3, -0.25) is 9.69 Å². The first kappa shape index (κ1) is 21.9. The fourth-order valence-corrected chi connectivity index (χ4v) is 5.50. The highest BCUT2D eigenvalue weighted by Gasteiger charge is 2.53. The van der Waals surface area contributed by atoms with E-state index in [-0.39, 0.29) is 30.0 Å². The molecule has 1 amide bonds. The number of carbonyl (C=O) groups is 1. The molecule has 33 heavy (non-hydrogen) atoms. The minimum Gasteiger partial charge on any atom is -0.497 e. The fourth-order valence-electron chi connectivity index (χ4n) is 5.50. The van der Waals surface area contributed by atoms with E-state index in [1.54, 1.807) is 7.11 Å². The summed E-state index contributed by atoms with van der Waals surface area (Å²) < 4.78 is 33.7. The van der Waals surface area contributed by atoms with Crippen molar-refractivity contribution in [2.45, 2.75) is 31.3 Å². The Morgan fingerprint density at radius 2 is 2.00 bits per heavy atom. The van der Waals surface area contributed by atoms with Crippen molar-refractivity contribution in [2.24, 2.45) is 0 Å². The molecule has 5 rings (SSSR count). The summed E-state index contributed by atoms with van der Waals surface area (Å²) in [6, 6.07) is 8.84. The van der Waals surface area contributed by atoms with Gasteiger partial charge in [0.25, 0.3) is 0 Å². The molecular formula is C25H27F2N3O3. The zero-order valence-electron chi connectivity index (χ0n) is 18.7. The van der Waals surface area contributed by atoms with E-state index >= 15 is 0 Å². The van der Waals surface area contributed by atoms with Crippen molar-refractivity contribution in [1.29, 1.82) is 0 Å². The van der Waals surface area contributed by atoms with Crippen molar-refractivity contribution in [1.82, 2.24) is 14.8 Å². The molecule has 0 radical (unpaired) electrons. The van der Waals surface area contributed by atoms with Crippen LogP contribution in [0.15, 0.2) is 36.4 Å². The van der Waals surface area contributed by atoms with E-state index in [0.717, 1.165) is 34.3 Å². The van der Waals surface area contributed by atoms with Gasteiger partial charge in [0.15, 0.2) is 0 Å². The number of aliphatic hydroxyl groups is 1. The molecule has 1 aromatic heterocycles. The van der Waals surface area contributed by atoms with Gasteiger partial charge in [-0.1, -0.05) is 6.92 Å². The summed E-state index contributed by atoms with van der Waals surface area (Å²) in [4.78, 5) is 19.6. The Kier molecular flexibility index (Phi) is 5.37. The number of H-pyrrole nitrogens is 1. The number of benzene rings is 2. The van der Waals surface area contributed by atoms with E-state index in [2.05, 4.69) is 4.98 Å². The topological polar surface area (TPSA) is 68.8 Å². The lowest BCUT2D eigenvalue weighted by molar-refractivity contribution is -0.140. The molecule has 0 saturated carbocycles. The number of methoxy groups -OCH3 is 1. The highest BCUT2D eigenvalue weighted by molar-refractivity contribution is 5.89. The van der Waals surface area contributed by atoms with Gasteiger partial charge in [0.1, 0.15) is 17.4 Å². The summed E-state index contributed by atoms with van der Waals surface area (Å²) >= 11 is 0. The maximum absolute atomic E-state index is 14.5. The first-order chi connectivity index (χ1) is 15.9. The van der Waals surface area contributed by atoms with Gasteiger partial charge in [0.2, 0.25) is 5.91 Å². The van der Waals surface area contributed by atoms with Gasteiger partial charge in [0.05, 0.1) is 19.8 Å². The number of aromatic amines is 1. The van der Waals surface area contributed by atoms with Crippen molar-refractivity contribution >= 4 is 16.8 Å². The molecule has 0 aliphatic carbocycles. The van der Waals surface area contributed by atoms with E-state index < -0.39 is 17.7 Å². The highest BCUT2D eigenvalue weighted by Crippen LogP contribution is 2.49. The van der Waals surface area contributed by atoms with Gasteiger partial charge in [-0.05, 0) is 35.9 Å². The Labute approximate surface area is 190 Å². The summed E-state index contributed by atoms with van der Waals surface area (Å²) in [5.41, 5.74) is 2.72. The van der Waals surface area contributed by atoms with Crippen molar-refractivity contribution in [3.05, 3.63) is 64.9 Å². The van der Waals surface area contributed by atoms with Gasteiger partial charge in [-0.2, -0.15) is 0 Å². The molecule has 1 spiro atoms. The van der Waals surface area contributed by atoms with Crippen LogP contribution in [0.3, 0.4) is 0 Å². The SMILES string of the molecule is CCC(=O)N1CC2(C1)CN(Cc1cc(F)ccc1F)[C@@H](CO)c1[nH]c3cc(OC)ccc3c12. The number of rotatable bonds is 5. The second kappa shape index (κ2) is 8.11. The van der Waals surface area contributed by atoms with E-state index in [0.29, 0.717) is 31.8 Å². The van der Waals surface area contributed by atoms with Gasteiger partial charge in [-0.25, -0.2) is 8.78 Å². The number of nitrogens with zero attached hydrogens (tertiary/aromatic N) is 2. The molecule has 8 heteroatoms. The van der Waals surface area contributed by atoms with Crippen molar-refractivity contribution in [2.75, 3.05) is 33.4 Å². The number of likely N-dealkylation sites (tertiary alicyclic amines) is 1. The second-order valence-corrected chi connectivity index (χ2v) is 9.05. The summed E-state index contributed by atoms with van der Waals surface area (Å²) in [5, 5.41) is 11.4. The molecule has 1 atom stereocenters. The number of ether oxygens (including phenoxy) is 1. The predicted octanol–water partition coefficient (Wildman–Crippen LogP) is 3.49. The number of aliphatic hydroxyl groups excluding tert-OH is 1. The van der Waals surface area contributed by atoms with Crippen molar-refractivity contribution < 1.29 is 23.4 Å². The van der Waals surface area contributed by atoms with Crippen LogP contribution in [-0.4, -0.2) is 59.1 Å². The monoisotopic (exact) mass is 455 g/mol. The molecular weight excluding hydrogens is 428 g/mol. The van der Waals surface area contributed by atoms with Gasteiger partial charge in [-0.15, -0.1) is 0 Å². The predicted molar refractivity (Wildman–Crippen MR) is 120 cm³/mol. The van der Waals surface area contributed by atoms with Crippen molar-refractivity contribution in [3.63, 3.8) is 0 Å². The summed E-state index contributed by atoms with van der Waals surface area (Å²) in [5.74, 6) is -0.174. The maximum Gasteiger partial charge on any atom is 0.222 e. The Balaban J connectivity index is 1.61. The van der Waals surface area contributed by atoms with Gasteiger partial charge >= 0.3 is 0 Å². The molecule has 1 saturated heterocycles. The molecule has 3 aromatic rings. The largest absolute Gasteiger partial charge is 0.497 e. The van der Waals surface area contributed by atoms with Crippen LogP contribution in [0.2, 0.25) is 0 Å². The van der Waals surface area contributed by atoms with Crippen LogP contribution >= 0.6 is 0 Å². The van der Waals surface area contributed by atoms with Gasteiger partial charge < -0.3 is 19.7 Å². The average molecular weight is 456 g/mol. The fraction of sp³-hybridized carbons (Fsp3) is 0.400. The summed E-state index contributed by atoms with van der Waals surface area (Å²) in [7, 11) is 1.61. The van der Waals surface area contributed by atoms with Gasteiger partial charge in [0, 0.05) is 66.2 Å². The van der Waals surface area contributed by atoms with Crippen LogP contribution in [0.4, 0.5) is 8.78 Å².